The third-order valence-corrected chi connectivity index (χ3v) is 3.26. The number of carbonyl (C=O) groups is 1. The van der Waals surface area contributed by atoms with Gasteiger partial charge in [0.15, 0.2) is 0 Å². The van der Waals surface area contributed by atoms with Crippen LogP contribution in [-0.2, 0) is 17.8 Å². The highest BCUT2D eigenvalue weighted by Gasteiger charge is 2.11. The van der Waals surface area contributed by atoms with Crippen molar-refractivity contribution in [3.63, 3.8) is 0 Å². The number of aliphatic carboxylic acids is 1. The molecule has 0 atom stereocenters. The highest BCUT2D eigenvalue weighted by molar-refractivity contribution is 6.36. The molecular formula is C13H11Cl2NO2. The van der Waals surface area contributed by atoms with Crippen LogP contribution in [0.25, 0.3) is 10.9 Å². The summed E-state index contributed by atoms with van der Waals surface area (Å²) in [5.41, 5.74) is 3.04. The van der Waals surface area contributed by atoms with Crippen molar-refractivity contribution in [2.45, 2.75) is 13.0 Å². The quantitative estimate of drug-likeness (QED) is 0.932. The molecule has 18 heavy (non-hydrogen) atoms. The first-order valence-electron chi connectivity index (χ1n) is 5.35. The summed E-state index contributed by atoms with van der Waals surface area (Å²) in [6.45, 7) is 0.436. The highest BCUT2D eigenvalue weighted by Crippen LogP contribution is 2.23. The Morgan fingerprint density at radius 2 is 2.11 bits per heavy atom. The maximum Gasteiger partial charge on any atom is 0.307 e. The molecule has 1 N–H and O–H groups in total. The van der Waals surface area contributed by atoms with Crippen molar-refractivity contribution in [3.8, 4) is 0 Å². The number of carboxylic acid groups (broad SMARTS) is 1. The number of hydrogen-bond donors (Lipinski definition) is 1. The molecule has 0 radical (unpaired) electrons. The topological polar surface area (TPSA) is 42.2 Å². The van der Waals surface area contributed by atoms with Gasteiger partial charge in [-0.15, -0.1) is 0 Å². The molecule has 0 aliphatic rings. The molecule has 0 spiro atoms. The van der Waals surface area contributed by atoms with Gasteiger partial charge in [-0.2, -0.15) is 0 Å². The molecule has 1 aromatic heterocycles. The highest BCUT2D eigenvalue weighted by atomic mass is 35.5. The average Bonchev–Trinajstić information content (AvgIpc) is 2.67. The molecule has 2 rings (SSSR count). The molecule has 0 fully saturated rings. The van der Waals surface area contributed by atoms with Crippen LogP contribution in [0.5, 0.6) is 0 Å². The van der Waals surface area contributed by atoms with Crippen LogP contribution in [-0.4, -0.2) is 15.6 Å². The standard InChI is InChI=1S/C13H11Cl2NO2/c14-6-10(15)8-16-7-9(5-13(17)18)11-3-1-2-4-12(11)16/h1-4,6-7H,5,8H2,(H,17,18). The van der Waals surface area contributed by atoms with E-state index in [2.05, 4.69) is 0 Å². The van der Waals surface area contributed by atoms with E-state index in [1.54, 1.807) is 0 Å². The van der Waals surface area contributed by atoms with E-state index in [9.17, 15) is 4.79 Å². The number of nitrogens with zero attached hydrogens (tertiary/aromatic N) is 1. The van der Waals surface area contributed by atoms with E-state index >= 15 is 0 Å². The largest absolute Gasteiger partial charge is 0.481 e. The molecule has 0 amide bonds. The zero-order valence-corrected chi connectivity index (χ0v) is 10.9. The number of para-hydroxylation sites is 1. The Hall–Kier alpha value is -1.45. The predicted molar refractivity (Wildman–Crippen MR) is 73.1 cm³/mol. The third-order valence-electron chi connectivity index (χ3n) is 2.65. The lowest BCUT2D eigenvalue weighted by Crippen LogP contribution is -1.99. The van der Waals surface area contributed by atoms with Gasteiger partial charge in [0.05, 0.1) is 13.0 Å². The third kappa shape index (κ3) is 2.68. The van der Waals surface area contributed by atoms with Crippen molar-refractivity contribution >= 4 is 40.1 Å². The van der Waals surface area contributed by atoms with Crippen LogP contribution in [0.15, 0.2) is 41.0 Å². The molecule has 0 bridgehead atoms. The van der Waals surface area contributed by atoms with Gasteiger partial charge in [-0.05, 0) is 11.6 Å². The van der Waals surface area contributed by atoms with Gasteiger partial charge in [0, 0.05) is 27.7 Å². The number of fused-ring (bicyclic) bond motifs is 1. The van der Waals surface area contributed by atoms with Crippen LogP contribution < -0.4 is 0 Å². The maximum atomic E-state index is 10.8. The molecule has 0 aliphatic carbocycles. The lowest BCUT2D eigenvalue weighted by Gasteiger charge is -2.02. The second-order valence-electron chi connectivity index (χ2n) is 3.93. The zero-order chi connectivity index (χ0) is 13.1. The lowest BCUT2D eigenvalue weighted by molar-refractivity contribution is -0.136. The molecule has 0 aliphatic heterocycles. The smallest absolute Gasteiger partial charge is 0.307 e. The van der Waals surface area contributed by atoms with E-state index in [0.717, 1.165) is 16.5 Å². The van der Waals surface area contributed by atoms with Gasteiger partial charge < -0.3 is 9.67 Å². The Bertz CT molecular complexity index is 616. The summed E-state index contributed by atoms with van der Waals surface area (Å²) in [7, 11) is 0. The first-order chi connectivity index (χ1) is 8.61. The minimum atomic E-state index is -0.850. The van der Waals surface area contributed by atoms with E-state index in [-0.39, 0.29) is 6.42 Å². The summed E-state index contributed by atoms with van der Waals surface area (Å²) < 4.78 is 1.90. The predicted octanol–water partition coefficient (Wildman–Crippen LogP) is 3.59. The molecule has 2 aromatic rings. The first kappa shape index (κ1) is 13.0. The van der Waals surface area contributed by atoms with E-state index in [1.165, 1.54) is 5.54 Å². The summed E-state index contributed by atoms with van der Waals surface area (Å²) >= 11 is 11.4. The van der Waals surface area contributed by atoms with E-state index in [0.29, 0.717) is 11.6 Å². The molecule has 0 saturated heterocycles. The Balaban J connectivity index is 2.50. The van der Waals surface area contributed by atoms with Crippen molar-refractivity contribution in [2.75, 3.05) is 0 Å². The number of rotatable bonds is 4. The molecule has 94 valence electrons. The van der Waals surface area contributed by atoms with E-state index in [4.69, 9.17) is 28.3 Å². The van der Waals surface area contributed by atoms with Crippen LogP contribution in [0.4, 0.5) is 0 Å². The van der Waals surface area contributed by atoms with Gasteiger partial charge >= 0.3 is 5.97 Å². The normalized spacial score (nSPS) is 12.0. The van der Waals surface area contributed by atoms with Gasteiger partial charge in [-0.1, -0.05) is 41.4 Å². The van der Waals surface area contributed by atoms with Gasteiger partial charge in [0.2, 0.25) is 0 Å². The minimum absolute atomic E-state index is 0.00424. The van der Waals surface area contributed by atoms with Crippen molar-refractivity contribution in [1.82, 2.24) is 4.57 Å². The van der Waals surface area contributed by atoms with Crippen molar-refractivity contribution < 1.29 is 9.90 Å². The molecule has 3 nitrogen and oxygen atoms in total. The van der Waals surface area contributed by atoms with E-state index < -0.39 is 5.97 Å². The number of benzene rings is 1. The first-order valence-corrected chi connectivity index (χ1v) is 6.16. The molecule has 0 saturated carbocycles. The summed E-state index contributed by atoms with van der Waals surface area (Å²) in [6.07, 6.45) is 1.80. The van der Waals surface area contributed by atoms with Gasteiger partial charge in [0.1, 0.15) is 0 Å². The number of aromatic nitrogens is 1. The van der Waals surface area contributed by atoms with Crippen LogP contribution in [0, 0.1) is 0 Å². The fourth-order valence-corrected chi connectivity index (χ4v) is 2.15. The summed E-state index contributed by atoms with van der Waals surface area (Å²) in [6, 6.07) is 7.63. The number of hydrogen-bond acceptors (Lipinski definition) is 1. The van der Waals surface area contributed by atoms with E-state index in [1.807, 2.05) is 35.0 Å². The van der Waals surface area contributed by atoms with Crippen molar-refractivity contribution in [2.24, 2.45) is 0 Å². The fourth-order valence-electron chi connectivity index (χ4n) is 1.95. The fraction of sp³-hybridized carbons (Fsp3) is 0.154. The summed E-state index contributed by atoms with van der Waals surface area (Å²) in [5.74, 6) is -0.850. The average molecular weight is 284 g/mol. The SMILES string of the molecule is O=C(O)Cc1cn(CC(Cl)=CCl)c2ccccc12. The maximum absolute atomic E-state index is 10.8. The Labute approximate surface area is 114 Å². The molecule has 0 unspecified atom stereocenters. The van der Waals surface area contributed by atoms with Crippen LogP contribution >= 0.6 is 23.2 Å². The molecular weight excluding hydrogens is 273 g/mol. The van der Waals surface area contributed by atoms with Gasteiger partial charge in [-0.25, -0.2) is 0 Å². The zero-order valence-electron chi connectivity index (χ0n) is 9.44. The van der Waals surface area contributed by atoms with Crippen molar-refractivity contribution in [1.29, 1.82) is 0 Å². The molecule has 5 heteroatoms. The van der Waals surface area contributed by atoms with Gasteiger partial charge in [-0.3, -0.25) is 4.79 Å². The summed E-state index contributed by atoms with van der Waals surface area (Å²) in [5, 5.41) is 10.3. The number of allylic oxidation sites excluding steroid dienone is 1. The second kappa shape index (κ2) is 5.46. The summed E-state index contributed by atoms with van der Waals surface area (Å²) in [4.78, 5) is 10.8. The van der Waals surface area contributed by atoms with Crippen molar-refractivity contribution in [3.05, 3.63) is 46.6 Å². The van der Waals surface area contributed by atoms with Crippen LogP contribution in [0.1, 0.15) is 5.56 Å². The van der Waals surface area contributed by atoms with Crippen LogP contribution in [0.3, 0.4) is 0 Å². The lowest BCUT2D eigenvalue weighted by atomic mass is 10.1. The van der Waals surface area contributed by atoms with Gasteiger partial charge in [0.25, 0.3) is 0 Å². The monoisotopic (exact) mass is 283 g/mol. The van der Waals surface area contributed by atoms with Crippen LogP contribution in [0.2, 0.25) is 0 Å². The minimum Gasteiger partial charge on any atom is -0.481 e. The Kier molecular flexibility index (Phi) is 3.94. The molecule has 1 aromatic carbocycles. The Morgan fingerprint density at radius 3 is 2.78 bits per heavy atom. The Morgan fingerprint density at radius 1 is 1.39 bits per heavy atom. The second-order valence-corrected chi connectivity index (χ2v) is 4.63. The number of halogens is 2. The number of carboxylic acids is 1. The molecule has 1 heterocycles.